The molecule has 8 nitrogen and oxygen atoms in total. The lowest BCUT2D eigenvalue weighted by molar-refractivity contribution is -0.0640. The van der Waals surface area contributed by atoms with Gasteiger partial charge in [-0.1, -0.05) is 11.8 Å². The van der Waals surface area contributed by atoms with E-state index in [9.17, 15) is 15.0 Å². The molecule has 1 rings (SSSR count). The van der Waals surface area contributed by atoms with Gasteiger partial charge < -0.3 is 35.1 Å². The maximum Gasteiger partial charge on any atom is 0.478 e. The number of aliphatic hydroxyl groups excluding tert-OH is 4. The Morgan fingerprint density at radius 3 is 2.11 bits per heavy atom. The van der Waals surface area contributed by atoms with Crippen LogP contribution in [0.4, 0.5) is 4.79 Å². The molecule has 0 aromatic heterocycles. The van der Waals surface area contributed by atoms with E-state index in [1.54, 1.807) is 6.26 Å². The topological polar surface area (TPSA) is 128 Å². The first-order valence-electron chi connectivity index (χ1n) is 5.74. The first-order valence-corrected chi connectivity index (χ1v) is 6.96. The van der Waals surface area contributed by atoms with Crippen molar-refractivity contribution < 1.29 is 34.5 Å². The Hall–Kier alpha value is -0.355. The zero-order valence-corrected chi connectivity index (χ0v) is 11.2. The Kier molecular flexibility index (Phi) is 7.07. The van der Waals surface area contributed by atoms with Crippen molar-refractivity contribution in [3.05, 3.63) is 0 Å². The molecular formula is C9H18BNO7S. The number of aliphatic hydroxyl groups is 4. The van der Waals surface area contributed by atoms with Crippen LogP contribution in [0, 0.1) is 0 Å². The Morgan fingerprint density at radius 1 is 1.26 bits per heavy atom. The molecule has 1 fully saturated rings. The summed E-state index contributed by atoms with van der Waals surface area (Å²) in [6.45, 7) is -1.13. The molecule has 5 N–H and O–H groups in total. The molecule has 4 atom stereocenters. The van der Waals surface area contributed by atoms with Gasteiger partial charge in [-0.3, -0.25) is 4.79 Å². The largest absolute Gasteiger partial charge is 0.478 e. The van der Waals surface area contributed by atoms with Gasteiger partial charge >= 0.3 is 7.12 Å². The summed E-state index contributed by atoms with van der Waals surface area (Å²) in [5.41, 5.74) is 0. The van der Waals surface area contributed by atoms with E-state index in [-0.39, 0.29) is 11.7 Å². The summed E-state index contributed by atoms with van der Waals surface area (Å²) < 4.78 is 10.6. The van der Waals surface area contributed by atoms with E-state index in [4.69, 9.17) is 19.5 Å². The molecule has 0 spiro atoms. The van der Waals surface area contributed by atoms with Crippen molar-refractivity contribution in [1.82, 2.24) is 5.32 Å². The quantitative estimate of drug-likeness (QED) is 0.342. The fourth-order valence-electron chi connectivity index (χ4n) is 1.70. The van der Waals surface area contributed by atoms with Crippen LogP contribution in [0.1, 0.15) is 0 Å². The number of carbonyl (C=O) groups excluding carboxylic acids is 1. The van der Waals surface area contributed by atoms with Gasteiger partial charge in [0.05, 0.1) is 31.9 Å². The fourth-order valence-corrected chi connectivity index (χ4v) is 1.93. The molecule has 0 aromatic carbocycles. The minimum Gasteiger partial charge on any atom is -0.402 e. The van der Waals surface area contributed by atoms with Gasteiger partial charge in [-0.2, -0.15) is 0 Å². The molecule has 1 amide bonds. The molecule has 110 valence electrons. The van der Waals surface area contributed by atoms with Crippen LogP contribution in [-0.2, 0) is 9.31 Å². The summed E-state index contributed by atoms with van der Waals surface area (Å²) >= 11 is 0.991. The van der Waals surface area contributed by atoms with Gasteiger partial charge in [0.15, 0.2) is 0 Å². The minimum absolute atomic E-state index is 0.0446. The molecule has 1 heterocycles. The third-order valence-electron chi connectivity index (χ3n) is 2.67. The van der Waals surface area contributed by atoms with Gasteiger partial charge in [0.25, 0.3) is 5.24 Å². The van der Waals surface area contributed by atoms with Crippen LogP contribution in [0.3, 0.4) is 0 Å². The van der Waals surface area contributed by atoms with E-state index in [1.165, 1.54) is 0 Å². The smallest absolute Gasteiger partial charge is 0.402 e. The van der Waals surface area contributed by atoms with E-state index in [2.05, 4.69) is 5.32 Å². The average molecular weight is 295 g/mol. The molecule has 1 saturated heterocycles. The van der Waals surface area contributed by atoms with Crippen molar-refractivity contribution in [2.45, 2.75) is 24.4 Å². The van der Waals surface area contributed by atoms with Gasteiger partial charge in [0.2, 0.25) is 0 Å². The van der Waals surface area contributed by atoms with Gasteiger partial charge in [0, 0.05) is 0 Å². The molecule has 0 bridgehead atoms. The summed E-state index contributed by atoms with van der Waals surface area (Å²) in [5, 5.41) is 39.2. The van der Waals surface area contributed by atoms with Gasteiger partial charge in [-0.05, 0) is 6.26 Å². The number of amides is 1. The predicted octanol–water partition coefficient (Wildman–Crippen LogP) is -2.42. The van der Waals surface area contributed by atoms with Crippen molar-refractivity contribution in [2.24, 2.45) is 0 Å². The highest BCUT2D eigenvalue weighted by atomic mass is 32.2. The SMILES string of the molecule is CSC(=O)NCB1OC(C(O)CO)C(C(O)CO)O1. The lowest BCUT2D eigenvalue weighted by Crippen LogP contribution is -2.45. The Labute approximate surface area is 115 Å². The first-order chi connectivity index (χ1) is 9.03. The molecule has 0 aliphatic carbocycles. The van der Waals surface area contributed by atoms with E-state index in [0.717, 1.165) is 11.8 Å². The van der Waals surface area contributed by atoms with Gasteiger partial charge in [0.1, 0.15) is 12.2 Å². The molecule has 19 heavy (non-hydrogen) atoms. The van der Waals surface area contributed by atoms with Crippen molar-refractivity contribution in [3.63, 3.8) is 0 Å². The van der Waals surface area contributed by atoms with Crippen LogP contribution in [0.15, 0.2) is 0 Å². The monoisotopic (exact) mass is 295 g/mol. The second kappa shape index (κ2) is 8.05. The molecule has 1 aliphatic heterocycles. The normalized spacial score (nSPS) is 26.3. The van der Waals surface area contributed by atoms with Crippen LogP contribution >= 0.6 is 11.8 Å². The van der Waals surface area contributed by atoms with Crippen LogP contribution in [0.25, 0.3) is 0 Å². The lowest BCUT2D eigenvalue weighted by Gasteiger charge is -2.24. The molecule has 1 aliphatic rings. The van der Waals surface area contributed by atoms with Gasteiger partial charge in [-0.25, -0.2) is 0 Å². The zero-order chi connectivity index (χ0) is 14.4. The van der Waals surface area contributed by atoms with Crippen LogP contribution in [0.2, 0.25) is 0 Å². The van der Waals surface area contributed by atoms with Crippen molar-refractivity contribution in [1.29, 1.82) is 0 Å². The number of hydrogen-bond acceptors (Lipinski definition) is 8. The summed E-state index contributed by atoms with van der Waals surface area (Å²) in [5.74, 6) is 0. The zero-order valence-electron chi connectivity index (χ0n) is 10.4. The maximum absolute atomic E-state index is 11.1. The molecule has 0 saturated carbocycles. The number of rotatable bonds is 6. The van der Waals surface area contributed by atoms with E-state index < -0.39 is 44.7 Å². The maximum atomic E-state index is 11.1. The third-order valence-corrected chi connectivity index (χ3v) is 3.19. The molecule has 10 heteroatoms. The van der Waals surface area contributed by atoms with Crippen LogP contribution in [-0.4, -0.2) is 83.1 Å². The average Bonchev–Trinajstić information content (AvgIpc) is 2.87. The minimum atomic E-state index is -1.24. The highest BCUT2D eigenvalue weighted by Crippen LogP contribution is 2.22. The Morgan fingerprint density at radius 2 is 1.74 bits per heavy atom. The van der Waals surface area contributed by atoms with E-state index in [0.29, 0.717) is 0 Å². The summed E-state index contributed by atoms with van der Waals surface area (Å²) in [6.07, 6.45) is -2.77. The second-order valence-electron chi connectivity index (χ2n) is 4.00. The summed E-state index contributed by atoms with van der Waals surface area (Å²) in [7, 11) is -0.853. The third kappa shape index (κ3) is 4.60. The van der Waals surface area contributed by atoms with Crippen molar-refractivity contribution >= 4 is 24.1 Å². The highest BCUT2D eigenvalue weighted by Gasteiger charge is 2.46. The molecule has 0 radical (unpaired) electrons. The molecular weight excluding hydrogens is 277 g/mol. The van der Waals surface area contributed by atoms with Crippen molar-refractivity contribution in [2.75, 3.05) is 25.9 Å². The number of hydrogen-bond donors (Lipinski definition) is 5. The predicted molar refractivity (Wildman–Crippen MR) is 68.6 cm³/mol. The van der Waals surface area contributed by atoms with Gasteiger partial charge in [-0.15, -0.1) is 0 Å². The van der Waals surface area contributed by atoms with Crippen LogP contribution in [0.5, 0.6) is 0 Å². The number of thioether (sulfide) groups is 1. The van der Waals surface area contributed by atoms with Crippen molar-refractivity contribution in [3.8, 4) is 0 Å². The number of carbonyl (C=O) groups is 1. The summed E-state index contributed by atoms with van der Waals surface area (Å²) in [4.78, 5) is 11.1. The Balaban J connectivity index is 2.58. The second-order valence-corrected chi connectivity index (χ2v) is 4.78. The standard InChI is InChI=1S/C9H18BNO7S/c1-19-9(16)11-4-10-17-7(5(14)2-12)8(18-10)6(15)3-13/h5-8,12-15H,2-4H2,1H3,(H,11,16). The molecule has 0 aromatic rings. The van der Waals surface area contributed by atoms with E-state index in [1.807, 2.05) is 0 Å². The van der Waals surface area contributed by atoms with Crippen LogP contribution < -0.4 is 5.32 Å². The lowest BCUT2D eigenvalue weighted by atomic mass is 9.91. The number of nitrogens with one attached hydrogen (secondary N) is 1. The first kappa shape index (κ1) is 16.7. The molecule has 4 unspecified atom stereocenters. The fraction of sp³-hybridized carbons (Fsp3) is 0.889. The Bertz CT molecular complexity index is 280. The summed E-state index contributed by atoms with van der Waals surface area (Å²) in [6, 6.07) is 0. The highest BCUT2D eigenvalue weighted by molar-refractivity contribution is 8.12. The van der Waals surface area contributed by atoms with E-state index >= 15 is 0 Å².